The number of anilines is 1. The van der Waals surface area contributed by atoms with Gasteiger partial charge in [-0.1, -0.05) is 37.6 Å². The number of carbonyl (C=O) groups is 1. The average molecular weight is 399 g/mol. The van der Waals surface area contributed by atoms with Crippen molar-refractivity contribution >= 4 is 12.0 Å². The molecule has 0 bridgehead atoms. The van der Waals surface area contributed by atoms with Gasteiger partial charge in [0.1, 0.15) is 0 Å². The van der Waals surface area contributed by atoms with Crippen molar-refractivity contribution in [3.05, 3.63) is 46.4 Å². The highest BCUT2D eigenvalue weighted by molar-refractivity contribution is 5.87. The lowest BCUT2D eigenvalue weighted by atomic mass is 10.1. The number of aromatic amines is 1. The second-order valence-electron chi connectivity index (χ2n) is 7.46. The summed E-state index contributed by atoms with van der Waals surface area (Å²) >= 11 is 0. The van der Waals surface area contributed by atoms with Gasteiger partial charge in [0.2, 0.25) is 5.95 Å². The molecule has 0 saturated carbocycles. The van der Waals surface area contributed by atoms with E-state index in [0.717, 1.165) is 43.6 Å². The average Bonchev–Trinajstić information content (AvgIpc) is 2.73. The van der Waals surface area contributed by atoms with Crippen LogP contribution in [0.4, 0.5) is 10.7 Å². The topological polar surface area (TPSA) is 116 Å². The number of H-pyrrole nitrogens is 1. The highest BCUT2D eigenvalue weighted by atomic mass is 16.2. The van der Waals surface area contributed by atoms with Crippen LogP contribution in [0.3, 0.4) is 0 Å². The fourth-order valence-electron chi connectivity index (χ4n) is 3.57. The smallest absolute Gasteiger partial charge is 0.321 e. The molecule has 1 aliphatic heterocycles. The minimum Gasteiger partial charge on any atom is -0.334 e. The fraction of sp³-hybridized carbons (Fsp3) is 0.476. The molecule has 3 rings (SSSR count). The summed E-state index contributed by atoms with van der Waals surface area (Å²) in [4.78, 5) is 33.9. The lowest BCUT2D eigenvalue weighted by Crippen LogP contribution is -2.49. The second-order valence-corrected chi connectivity index (χ2v) is 7.46. The van der Waals surface area contributed by atoms with E-state index in [4.69, 9.17) is 5.73 Å². The van der Waals surface area contributed by atoms with Crippen LogP contribution in [0.5, 0.6) is 0 Å². The van der Waals surface area contributed by atoms with Gasteiger partial charge in [-0.2, -0.15) is 4.98 Å². The van der Waals surface area contributed by atoms with Gasteiger partial charge >= 0.3 is 6.03 Å². The molecule has 5 N–H and O–H groups in total. The molecule has 0 unspecified atom stereocenters. The van der Waals surface area contributed by atoms with Crippen molar-refractivity contribution in [2.45, 2.75) is 45.2 Å². The summed E-state index contributed by atoms with van der Waals surface area (Å²) in [6.07, 6.45) is 5.93. The summed E-state index contributed by atoms with van der Waals surface area (Å²) in [5.74, 6) is 0.133. The number of nitrogens with two attached hydrogens (primary N) is 1. The molecule has 1 aliphatic rings. The first kappa shape index (κ1) is 21.0. The normalized spacial score (nSPS) is 17.1. The van der Waals surface area contributed by atoms with E-state index in [0.29, 0.717) is 12.1 Å². The Kier molecular flexibility index (Phi) is 7.37. The summed E-state index contributed by atoms with van der Waals surface area (Å²) in [5.41, 5.74) is 7.39. The first-order chi connectivity index (χ1) is 14.1. The molecule has 156 valence electrons. The van der Waals surface area contributed by atoms with Crippen LogP contribution in [0.2, 0.25) is 0 Å². The highest BCUT2D eigenvalue weighted by Crippen LogP contribution is 2.16. The molecule has 1 atom stereocenters. The summed E-state index contributed by atoms with van der Waals surface area (Å²) in [6.45, 7) is 5.64. The molecule has 8 nitrogen and oxygen atoms in total. The maximum atomic E-state index is 12.4. The van der Waals surface area contributed by atoms with E-state index >= 15 is 0 Å². The number of nitrogens with one attached hydrogen (secondary N) is 3. The molecule has 2 heterocycles. The van der Waals surface area contributed by atoms with E-state index < -0.39 is 5.56 Å². The van der Waals surface area contributed by atoms with Crippen molar-refractivity contribution in [2.24, 2.45) is 5.73 Å². The third-order valence-electron chi connectivity index (χ3n) is 5.20. The number of unbranched alkanes of at least 4 members (excludes halogenated alkanes) is 1. The Bertz CT molecular complexity index is 864. The van der Waals surface area contributed by atoms with Crippen LogP contribution >= 0.6 is 0 Å². The summed E-state index contributed by atoms with van der Waals surface area (Å²) in [6, 6.07) is 7.18. The predicted molar refractivity (Wildman–Crippen MR) is 115 cm³/mol. The van der Waals surface area contributed by atoms with E-state index in [1.54, 1.807) is 6.20 Å². The monoisotopic (exact) mass is 398 g/mol. The molecule has 0 aliphatic carbocycles. The quantitative estimate of drug-likeness (QED) is 0.571. The zero-order valence-electron chi connectivity index (χ0n) is 16.9. The number of likely N-dealkylation sites (tertiary alicyclic amines) is 1. The minimum atomic E-state index is -0.400. The Morgan fingerprint density at radius 2 is 2.14 bits per heavy atom. The van der Waals surface area contributed by atoms with E-state index in [1.807, 2.05) is 24.3 Å². The van der Waals surface area contributed by atoms with Crippen LogP contribution in [0.25, 0.3) is 11.1 Å². The zero-order chi connectivity index (χ0) is 20.6. The Morgan fingerprint density at radius 1 is 1.34 bits per heavy atom. The second kappa shape index (κ2) is 10.2. The van der Waals surface area contributed by atoms with Crippen LogP contribution in [-0.4, -0.2) is 46.6 Å². The van der Waals surface area contributed by atoms with Crippen molar-refractivity contribution in [1.29, 1.82) is 0 Å². The number of carbonyl (C=O) groups excluding carboxylic acids is 1. The molecular weight excluding hydrogens is 368 g/mol. The molecule has 1 fully saturated rings. The molecular formula is C21H30N6O2. The van der Waals surface area contributed by atoms with Crippen molar-refractivity contribution < 1.29 is 4.79 Å². The fourth-order valence-corrected chi connectivity index (χ4v) is 3.57. The molecule has 2 aromatic rings. The number of piperidine rings is 1. The number of hydrogen-bond acceptors (Lipinski definition) is 5. The van der Waals surface area contributed by atoms with Crippen LogP contribution < -0.4 is 21.9 Å². The van der Waals surface area contributed by atoms with Crippen LogP contribution in [-0.2, 0) is 6.54 Å². The van der Waals surface area contributed by atoms with Gasteiger partial charge in [0, 0.05) is 25.3 Å². The van der Waals surface area contributed by atoms with Gasteiger partial charge in [-0.25, -0.2) is 4.79 Å². The maximum Gasteiger partial charge on any atom is 0.321 e. The molecule has 29 heavy (non-hydrogen) atoms. The van der Waals surface area contributed by atoms with Crippen LogP contribution in [0.15, 0.2) is 35.3 Å². The highest BCUT2D eigenvalue weighted by Gasteiger charge is 2.21. The van der Waals surface area contributed by atoms with Gasteiger partial charge in [-0.15, -0.1) is 0 Å². The van der Waals surface area contributed by atoms with Gasteiger partial charge in [-0.05, 0) is 43.5 Å². The Morgan fingerprint density at radius 3 is 2.83 bits per heavy atom. The molecule has 0 radical (unpaired) electrons. The molecule has 2 amide bonds. The van der Waals surface area contributed by atoms with E-state index in [2.05, 4.69) is 32.4 Å². The summed E-state index contributed by atoms with van der Waals surface area (Å²) < 4.78 is 0. The van der Waals surface area contributed by atoms with E-state index in [-0.39, 0.29) is 18.0 Å². The van der Waals surface area contributed by atoms with Crippen LogP contribution in [0.1, 0.15) is 38.2 Å². The van der Waals surface area contributed by atoms with Gasteiger partial charge in [0.05, 0.1) is 5.56 Å². The summed E-state index contributed by atoms with van der Waals surface area (Å²) in [5, 5.41) is 5.62. The van der Waals surface area contributed by atoms with Crippen molar-refractivity contribution in [2.75, 3.05) is 25.0 Å². The van der Waals surface area contributed by atoms with Crippen molar-refractivity contribution in [1.82, 2.24) is 20.2 Å². The van der Waals surface area contributed by atoms with Gasteiger partial charge in [0.15, 0.2) is 0 Å². The molecule has 1 saturated heterocycles. The van der Waals surface area contributed by atoms with Gasteiger partial charge in [0.25, 0.3) is 5.56 Å². The standard InChI is InChI=1S/C21H30N6O2/c1-2-3-10-27-11-4-5-17(14-27)24-21(29)26-20-23-13-18(19(28)25-20)16-8-6-15(12-22)7-9-16/h6-9,13,17H,2-5,10-12,14,22H2,1H3,(H3,23,24,25,26,28,29)/t17-/m1/s1. The number of nitrogens with zero attached hydrogens (tertiary/aromatic N) is 2. The SMILES string of the molecule is CCCCN1CCC[C@@H](NC(=O)Nc2nc(=O)c(-c3ccc(CN)cc3)c[nH]2)C1. The van der Waals surface area contributed by atoms with Gasteiger partial charge in [-0.3, -0.25) is 10.1 Å². The molecule has 1 aromatic heterocycles. The van der Waals surface area contributed by atoms with Gasteiger partial charge < -0.3 is 20.9 Å². The first-order valence-electron chi connectivity index (χ1n) is 10.3. The Hall–Kier alpha value is -2.71. The number of aromatic nitrogens is 2. The Labute approximate surface area is 170 Å². The third kappa shape index (κ3) is 5.88. The lowest BCUT2D eigenvalue weighted by Gasteiger charge is -2.33. The zero-order valence-corrected chi connectivity index (χ0v) is 16.9. The minimum absolute atomic E-state index is 0.104. The van der Waals surface area contributed by atoms with E-state index in [9.17, 15) is 9.59 Å². The van der Waals surface area contributed by atoms with Crippen molar-refractivity contribution in [3.8, 4) is 11.1 Å². The number of amides is 2. The first-order valence-corrected chi connectivity index (χ1v) is 10.3. The maximum absolute atomic E-state index is 12.4. The molecule has 0 spiro atoms. The molecule has 1 aromatic carbocycles. The van der Waals surface area contributed by atoms with Crippen molar-refractivity contribution in [3.63, 3.8) is 0 Å². The van der Waals surface area contributed by atoms with Crippen LogP contribution in [0, 0.1) is 0 Å². The molecule has 8 heteroatoms. The van der Waals surface area contributed by atoms with E-state index in [1.165, 1.54) is 12.8 Å². The third-order valence-corrected chi connectivity index (χ3v) is 5.20. The summed E-state index contributed by atoms with van der Waals surface area (Å²) in [7, 11) is 0. The number of hydrogen-bond donors (Lipinski definition) is 4. The number of rotatable bonds is 7. The lowest BCUT2D eigenvalue weighted by molar-refractivity contribution is 0.187. The number of benzene rings is 1. The predicted octanol–water partition coefficient (Wildman–Crippen LogP) is 2.28. The largest absolute Gasteiger partial charge is 0.334 e. The Balaban J connectivity index is 1.58. The number of urea groups is 1.